The van der Waals surface area contributed by atoms with E-state index in [9.17, 15) is 18.0 Å². The maximum absolute atomic E-state index is 11.8. The quantitative estimate of drug-likeness (QED) is 0.630. The first-order valence-corrected chi connectivity index (χ1v) is 6.59. The monoisotopic (exact) mass is 291 g/mol. The van der Waals surface area contributed by atoms with Gasteiger partial charge in [0, 0.05) is 6.20 Å². The molecule has 0 aromatic carbocycles. The third kappa shape index (κ3) is 4.03. The minimum absolute atomic E-state index is 0.232. The van der Waals surface area contributed by atoms with Crippen LogP contribution in [0.2, 0.25) is 0 Å². The van der Waals surface area contributed by atoms with Crippen LogP contribution >= 0.6 is 0 Å². The van der Waals surface area contributed by atoms with E-state index in [0.29, 0.717) is 0 Å². The summed E-state index contributed by atoms with van der Waals surface area (Å²) in [5.41, 5.74) is 0. The van der Waals surface area contributed by atoms with E-state index in [4.69, 9.17) is 5.11 Å². The van der Waals surface area contributed by atoms with E-state index in [2.05, 4.69) is 14.6 Å². The predicted molar refractivity (Wildman–Crippen MR) is 61.7 cm³/mol. The number of ether oxygens (including phenoxy) is 1. The summed E-state index contributed by atoms with van der Waals surface area (Å²) >= 11 is 0. The van der Waals surface area contributed by atoms with E-state index in [1.165, 1.54) is 6.92 Å². The molecule has 1 atom stereocenters. The fraction of sp³-hybridized carbons (Fsp3) is 0.444. The van der Waals surface area contributed by atoms with E-state index >= 15 is 0 Å². The van der Waals surface area contributed by atoms with Crippen molar-refractivity contribution in [3.05, 3.63) is 12.4 Å². The summed E-state index contributed by atoms with van der Waals surface area (Å²) in [6.45, 7) is 0.868. The van der Waals surface area contributed by atoms with Gasteiger partial charge in [0.25, 0.3) is 0 Å². The number of carboxylic acid groups (broad SMARTS) is 1. The Labute approximate surface area is 109 Å². The maximum atomic E-state index is 11.8. The molecule has 2 N–H and O–H groups in total. The minimum Gasteiger partial charge on any atom is -0.480 e. The molecule has 0 bridgehead atoms. The molecule has 0 spiro atoms. The van der Waals surface area contributed by atoms with Crippen LogP contribution in [0.15, 0.2) is 17.3 Å². The van der Waals surface area contributed by atoms with Crippen LogP contribution in [-0.4, -0.2) is 48.4 Å². The summed E-state index contributed by atoms with van der Waals surface area (Å²) in [7, 11) is -2.82. The van der Waals surface area contributed by atoms with E-state index in [0.717, 1.165) is 24.2 Å². The van der Waals surface area contributed by atoms with E-state index in [1.54, 1.807) is 0 Å². The third-order valence-electron chi connectivity index (χ3n) is 2.10. The number of rotatable bonds is 6. The summed E-state index contributed by atoms with van der Waals surface area (Å²) in [4.78, 5) is 21.3. The van der Waals surface area contributed by atoms with Crippen molar-refractivity contribution in [3.8, 4) is 0 Å². The molecule has 0 aliphatic rings. The number of hydrogen-bond donors (Lipinski definition) is 2. The standard InChI is InChI=1S/C9H13N3O6S/c1-6(9(15)18-2)11-19(16,17)7-3-10-12(4-7)5-8(13)14/h3-4,6,11H,5H2,1-2H3,(H,13,14). The van der Waals surface area contributed by atoms with Crippen molar-refractivity contribution >= 4 is 22.0 Å². The van der Waals surface area contributed by atoms with Crippen LogP contribution in [0.3, 0.4) is 0 Å². The first-order valence-electron chi connectivity index (χ1n) is 5.10. The highest BCUT2D eigenvalue weighted by atomic mass is 32.2. The zero-order chi connectivity index (χ0) is 14.6. The Morgan fingerprint density at radius 3 is 2.74 bits per heavy atom. The van der Waals surface area contributed by atoms with Gasteiger partial charge in [0.05, 0.1) is 13.3 Å². The van der Waals surface area contributed by atoms with Gasteiger partial charge in [0.1, 0.15) is 17.5 Å². The van der Waals surface area contributed by atoms with Gasteiger partial charge in [-0.15, -0.1) is 0 Å². The van der Waals surface area contributed by atoms with E-state index < -0.39 is 34.5 Å². The largest absolute Gasteiger partial charge is 0.480 e. The molecule has 106 valence electrons. The average Bonchev–Trinajstić information content (AvgIpc) is 2.75. The topological polar surface area (TPSA) is 128 Å². The molecule has 0 saturated carbocycles. The lowest BCUT2D eigenvalue weighted by molar-refractivity contribution is -0.142. The molecule has 0 saturated heterocycles. The molecular formula is C9H13N3O6S. The van der Waals surface area contributed by atoms with Crippen molar-refractivity contribution in [1.29, 1.82) is 0 Å². The zero-order valence-corrected chi connectivity index (χ0v) is 11.0. The smallest absolute Gasteiger partial charge is 0.325 e. The first kappa shape index (κ1) is 15.1. The van der Waals surface area contributed by atoms with Crippen LogP contribution in [0.4, 0.5) is 0 Å². The van der Waals surface area contributed by atoms with Crippen molar-refractivity contribution in [2.24, 2.45) is 0 Å². The van der Waals surface area contributed by atoms with E-state index in [-0.39, 0.29) is 4.90 Å². The third-order valence-corrected chi connectivity index (χ3v) is 3.60. The normalized spacial score (nSPS) is 12.9. The lowest BCUT2D eigenvalue weighted by Crippen LogP contribution is -2.38. The molecule has 0 aliphatic heterocycles. The molecule has 19 heavy (non-hydrogen) atoms. The van der Waals surface area contributed by atoms with Gasteiger partial charge in [0.2, 0.25) is 10.0 Å². The second-order valence-electron chi connectivity index (χ2n) is 3.63. The Balaban J connectivity index is 2.86. The summed E-state index contributed by atoms with van der Waals surface area (Å²) in [5.74, 6) is -1.88. The molecule has 0 amide bonds. The lowest BCUT2D eigenvalue weighted by atomic mass is 10.4. The van der Waals surface area contributed by atoms with Gasteiger partial charge >= 0.3 is 11.9 Å². The number of sulfonamides is 1. The lowest BCUT2D eigenvalue weighted by Gasteiger charge is -2.10. The number of carbonyl (C=O) groups excluding carboxylic acids is 1. The second-order valence-corrected chi connectivity index (χ2v) is 5.35. The number of methoxy groups -OCH3 is 1. The van der Waals surface area contributed by atoms with Crippen molar-refractivity contribution < 1.29 is 27.9 Å². The van der Waals surface area contributed by atoms with Gasteiger partial charge in [-0.05, 0) is 6.92 Å². The molecule has 0 aliphatic carbocycles. The van der Waals surface area contributed by atoms with Gasteiger partial charge in [-0.1, -0.05) is 0 Å². The molecule has 0 radical (unpaired) electrons. The Hall–Kier alpha value is -1.94. The molecular weight excluding hydrogens is 278 g/mol. The number of aromatic nitrogens is 2. The fourth-order valence-electron chi connectivity index (χ4n) is 1.23. The van der Waals surface area contributed by atoms with Gasteiger partial charge in [0.15, 0.2) is 0 Å². The molecule has 9 nitrogen and oxygen atoms in total. The van der Waals surface area contributed by atoms with Crippen molar-refractivity contribution in [1.82, 2.24) is 14.5 Å². The SMILES string of the molecule is COC(=O)C(C)NS(=O)(=O)c1cnn(CC(=O)O)c1. The number of esters is 1. The van der Waals surface area contributed by atoms with Crippen LogP contribution in [-0.2, 0) is 30.9 Å². The molecule has 0 fully saturated rings. The van der Waals surface area contributed by atoms with Gasteiger partial charge < -0.3 is 9.84 Å². The predicted octanol–water partition coefficient (Wildman–Crippen LogP) is -1.19. The van der Waals surface area contributed by atoms with Gasteiger partial charge in [-0.25, -0.2) is 8.42 Å². The first-order chi connectivity index (χ1) is 8.76. The Kier molecular flexibility index (Phi) is 4.62. The molecule has 1 rings (SSSR count). The van der Waals surface area contributed by atoms with Crippen LogP contribution in [0.1, 0.15) is 6.92 Å². The summed E-state index contributed by atoms with van der Waals surface area (Å²) in [5, 5.41) is 12.1. The Morgan fingerprint density at radius 2 is 2.21 bits per heavy atom. The van der Waals surface area contributed by atoms with Crippen LogP contribution in [0.5, 0.6) is 0 Å². The maximum Gasteiger partial charge on any atom is 0.325 e. The molecule has 1 unspecified atom stereocenters. The summed E-state index contributed by atoms with van der Waals surface area (Å²) in [6, 6.07) is -1.06. The van der Waals surface area contributed by atoms with Crippen molar-refractivity contribution in [2.75, 3.05) is 7.11 Å². The number of nitrogens with one attached hydrogen (secondary N) is 1. The van der Waals surface area contributed by atoms with Crippen LogP contribution < -0.4 is 4.72 Å². The number of aliphatic carboxylic acids is 1. The Morgan fingerprint density at radius 1 is 1.58 bits per heavy atom. The van der Waals surface area contributed by atoms with Crippen LogP contribution in [0, 0.1) is 0 Å². The average molecular weight is 291 g/mol. The highest BCUT2D eigenvalue weighted by molar-refractivity contribution is 7.89. The molecule has 1 heterocycles. The van der Waals surface area contributed by atoms with E-state index in [1.807, 2.05) is 0 Å². The highest BCUT2D eigenvalue weighted by Gasteiger charge is 2.23. The molecule has 1 aromatic rings. The van der Waals surface area contributed by atoms with Gasteiger partial charge in [-0.3, -0.25) is 14.3 Å². The van der Waals surface area contributed by atoms with Crippen LogP contribution in [0.25, 0.3) is 0 Å². The highest BCUT2D eigenvalue weighted by Crippen LogP contribution is 2.08. The number of carbonyl (C=O) groups is 2. The number of nitrogens with zero attached hydrogens (tertiary/aromatic N) is 2. The second kappa shape index (κ2) is 5.80. The van der Waals surface area contributed by atoms with Gasteiger partial charge in [-0.2, -0.15) is 9.82 Å². The minimum atomic E-state index is -3.96. The van der Waals surface area contributed by atoms with Crippen molar-refractivity contribution in [2.45, 2.75) is 24.4 Å². The van der Waals surface area contributed by atoms with Crippen molar-refractivity contribution in [3.63, 3.8) is 0 Å². The number of carboxylic acids is 1. The number of hydrogen-bond acceptors (Lipinski definition) is 6. The molecule has 1 aromatic heterocycles. The molecule has 10 heteroatoms. The fourth-order valence-corrected chi connectivity index (χ4v) is 2.38. The zero-order valence-electron chi connectivity index (χ0n) is 10.2. The summed E-state index contributed by atoms with van der Waals surface area (Å²) in [6.07, 6.45) is 2.05. The summed E-state index contributed by atoms with van der Waals surface area (Å²) < 4.78 is 31.1. The Bertz CT molecular complexity index is 579.